The van der Waals surface area contributed by atoms with Crippen molar-refractivity contribution in [1.82, 2.24) is 0 Å². The van der Waals surface area contributed by atoms with Crippen LogP contribution in [-0.4, -0.2) is 12.2 Å². The third-order valence-electron chi connectivity index (χ3n) is 3.49. The Bertz CT molecular complexity index is 465. The molecule has 2 rings (SSSR count). The molecular weight excluding hydrogens is 345 g/mol. The molecule has 1 nitrogen and oxygen atoms in total. The zero-order chi connectivity index (χ0) is 14.9. The number of hydrogen-bond donors (Lipinski definition) is 1. The molecule has 1 aliphatic carbocycles. The van der Waals surface area contributed by atoms with E-state index in [1.807, 2.05) is 0 Å². The molecule has 1 aliphatic rings. The molecule has 7 heteroatoms. The molecule has 20 heavy (non-hydrogen) atoms. The van der Waals surface area contributed by atoms with Gasteiger partial charge in [-0.05, 0) is 41.3 Å². The Morgan fingerprint density at radius 1 is 1.15 bits per heavy atom. The molecule has 0 aliphatic heterocycles. The first-order valence-electron chi connectivity index (χ1n) is 6.25. The molecule has 1 aromatic rings. The van der Waals surface area contributed by atoms with Crippen LogP contribution in [0.15, 0.2) is 16.6 Å². The van der Waals surface area contributed by atoms with Gasteiger partial charge in [0.1, 0.15) is 11.6 Å². The fourth-order valence-electron chi connectivity index (χ4n) is 2.50. The van der Waals surface area contributed by atoms with Crippen LogP contribution in [0.4, 0.5) is 27.6 Å². The van der Waals surface area contributed by atoms with Crippen LogP contribution in [0.3, 0.4) is 0 Å². The van der Waals surface area contributed by atoms with E-state index in [4.69, 9.17) is 0 Å². The lowest BCUT2D eigenvalue weighted by Gasteiger charge is -2.31. The Balaban J connectivity index is 2.11. The minimum absolute atomic E-state index is 0.0132. The summed E-state index contributed by atoms with van der Waals surface area (Å²) >= 11 is 3.01. The normalized spacial score (nSPS) is 23.7. The summed E-state index contributed by atoms with van der Waals surface area (Å²) < 4.78 is 64.9. The van der Waals surface area contributed by atoms with Crippen LogP contribution in [0.25, 0.3) is 0 Å². The van der Waals surface area contributed by atoms with Gasteiger partial charge in [0.25, 0.3) is 0 Å². The molecule has 0 radical (unpaired) electrons. The predicted octanol–water partition coefficient (Wildman–Crippen LogP) is 5.26. The average Bonchev–Trinajstić information content (AvgIpc) is 2.33. The second-order valence-corrected chi connectivity index (χ2v) is 5.85. The topological polar surface area (TPSA) is 12.0 Å². The molecule has 0 spiro atoms. The van der Waals surface area contributed by atoms with E-state index in [-0.39, 0.29) is 23.0 Å². The second-order valence-electron chi connectivity index (χ2n) is 4.99. The van der Waals surface area contributed by atoms with Gasteiger partial charge in [-0.25, -0.2) is 8.78 Å². The van der Waals surface area contributed by atoms with Crippen molar-refractivity contribution < 1.29 is 22.0 Å². The Labute approximate surface area is 121 Å². The van der Waals surface area contributed by atoms with Gasteiger partial charge in [0.15, 0.2) is 0 Å². The molecule has 1 N–H and O–H groups in total. The Morgan fingerprint density at radius 2 is 1.85 bits per heavy atom. The highest BCUT2D eigenvalue weighted by atomic mass is 79.9. The minimum atomic E-state index is -4.22. The third-order valence-corrected chi connectivity index (χ3v) is 4.12. The van der Waals surface area contributed by atoms with Crippen molar-refractivity contribution >= 4 is 21.6 Å². The highest BCUT2D eigenvalue weighted by Crippen LogP contribution is 2.39. The Hall–Kier alpha value is -0.850. The van der Waals surface area contributed by atoms with Gasteiger partial charge < -0.3 is 5.32 Å². The van der Waals surface area contributed by atoms with Crippen LogP contribution >= 0.6 is 15.9 Å². The second kappa shape index (κ2) is 5.87. The van der Waals surface area contributed by atoms with Crippen LogP contribution in [-0.2, 0) is 0 Å². The average molecular weight is 358 g/mol. The quantitative estimate of drug-likeness (QED) is 0.711. The van der Waals surface area contributed by atoms with E-state index in [0.717, 1.165) is 6.07 Å². The number of alkyl halides is 3. The van der Waals surface area contributed by atoms with Gasteiger partial charge in [-0.3, -0.25) is 0 Å². The molecule has 0 amide bonds. The summed E-state index contributed by atoms with van der Waals surface area (Å²) in [6.45, 7) is 0. The summed E-state index contributed by atoms with van der Waals surface area (Å²) in [6.07, 6.45) is -3.24. The lowest BCUT2D eigenvalue weighted by Crippen LogP contribution is -2.34. The van der Waals surface area contributed by atoms with Crippen LogP contribution in [0.5, 0.6) is 0 Å². The van der Waals surface area contributed by atoms with E-state index in [2.05, 4.69) is 21.2 Å². The zero-order valence-corrected chi connectivity index (χ0v) is 12.0. The lowest BCUT2D eigenvalue weighted by molar-refractivity contribution is -0.182. The highest BCUT2D eigenvalue weighted by molar-refractivity contribution is 9.10. The molecule has 2 atom stereocenters. The molecular formula is C13H13BrF5N. The van der Waals surface area contributed by atoms with Crippen LogP contribution in [0.2, 0.25) is 0 Å². The van der Waals surface area contributed by atoms with Gasteiger partial charge in [-0.15, -0.1) is 0 Å². The minimum Gasteiger partial charge on any atom is -0.379 e. The lowest BCUT2D eigenvalue weighted by atomic mass is 9.85. The van der Waals surface area contributed by atoms with Gasteiger partial charge in [-0.1, -0.05) is 6.42 Å². The third kappa shape index (κ3) is 3.62. The zero-order valence-electron chi connectivity index (χ0n) is 10.4. The van der Waals surface area contributed by atoms with E-state index in [0.29, 0.717) is 18.9 Å². The van der Waals surface area contributed by atoms with E-state index in [1.165, 1.54) is 0 Å². The molecule has 0 heterocycles. The fraction of sp³-hybridized carbons (Fsp3) is 0.538. The summed E-state index contributed by atoms with van der Waals surface area (Å²) in [4.78, 5) is 0. The molecule has 0 aromatic heterocycles. The van der Waals surface area contributed by atoms with Gasteiger partial charge in [0, 0.05) is 16.6 Å². The predicted molar refractivity (Wildman–Crippen MR) is 69.5 cm³/mol. The van der Waals surface area contributed by atoms with Crippen LogP contribution in [0.1, 0.15) is 25.7 Å². The molecule has 1 aromatic carbocycles. The van der Waals surface area contributed by atoms with E-state index in [1.54, 1.807) is 0 Å². The van der Waals surface area contributed by atoms with Gasteiger partial charge >= 0.3 is 6.18 Å². The molecule has 1 fully saturated rings. The van der Waals surface area contributed by atoms with E-state index < -0.39 is 29.8 Å². The SMILES string of the molecule is Fc1cc(F)c(NC2CCCC(C(F)(F)F)C2)c(Br)c1. The molecule has 0 saturated heterocycles. The molecule has 2 unspecified atom stereocenters. The van der Waals surface area contributed by atoms with E-state index >= 15 is 0 Å². The summed E-state index contributed by atoms with van der Waals surface area (Å²) in [7, 11) is 0. The van der Waals surface area contributed by atoms with E-state index in [9.17, 15) is 22.0 Å². The number of nitrogens with one attached hydrogen (secondary N) is 1. The van der Waals surface area contributed by atoms with Gasteiger partial charge in [-0.2, -0.15) is 13.2 Å². The number of rotatable bonds is 2. The van der Waals surface area contributed by atoms with Crippen molar-refractivity contribution in [2.24, 2.45) is 5.92 Å². The summed E-state index contributed by atoms with van der Waals surface area (Å²) in [6, 6.07) is 1.32. The van der Waals surface area contributed by atoms with Crippen molar-refractivity contribution in [3.8, 4) is 0 Å². The van der Waals surface area contributed by atoms with Crippen molar-refractivity contribution in [3.63, 3.8) is 0 Å². The van der Waals surface area contributed by atoms with Crippen LogP contribution < -0.4 is 5.32 Å². The first-order valence-corrected chi connectivity index (χ1v) is 7.04. The molecule has 112 valence electrons. The first kappa shape index (κ1) is 15.5. The van der Waals surface area contributed by atoms with Gasteiger partial charge in [0.05, 0.1) is 11.6 Å². The van der Waals surface area contributed by atoms with Crippen molar-refractivity contribution in [2.45, 2.75) is 37.9 Å². The van der Waals surface area contributed by atoms with Crippen molar-refractivity contribution in [2.75, 3.05) is 5.32 Å². The van der Waals surface area contributed by atoms with Crippen molar-refractivity contribution in [3.05, 3.63) is 28.2 Å². The Kier molecular flexibility index (Phi) is 4.56. The standard InChI is InChI=1S/C13H13BrF5N/c14-10-5-8(15)6-11(16)12(10)20-9-3-1-2-7(4-9)13(17,18)19/h5-7,9,20H,1-4H2. The number of hydrogen-bond acceptors (Lipinski definition) is 1. The molecule has 1 saturated carbocycles. The number of anilines is 1. The summed E-state index contributed by atoms with van der Waals surface area (Å²) in [5.74, 6) is -2.92. The summed E-state index contributed by atoms with van der Waals surface area (Å²) in [5, 5.41) is 2.76. The maximum absolute atomic E-state index is 13.6. The maximum atomic E-state index is 13.6. The maximum Gasteiger partial charge on any atom is 0.391 e. The van der Waals surface area contributed by atoms with Crippen molar-refractivity contribution in [1.29, 1.82) is 0 Å². The highest BCUT2D eigenvalue weighted by Gasteiger charge is 2.42. The smallest absolute Gasteiger partial charge is 0.379 e. The summed E-state index contributed by atoms with van der Waals surface area (Å²) in [5.41, 5.74) is 0.0132. The van der Waals surface area contributed by atoms with Crippen LogP contribution in [0, 0.1) is 17.6 Å². The fourth-order valence-corrected chi connectivity index (χ4v) is 3.02. The number of halogens is 6. The molecule has 0 bridgehead atoms. The largest absolute Gasteiger partial charge is 0.391 e. The first-order chi connectivity index (χ1) is 9.27. The van der Waals surface area contributed by atoms with Gasteiger partial charge in [0.2, 0.25) is 0 Å². The number of benzene rings is 1. The Morgan fingerprint density at radius 3 is 2.45 bits per heavy atom. The monoisotopic (exact) mass is 357 g/mol.